The molecule has 0 spiro atoms. The molecule has 0 saturated carbocycles. The molecule has 140 valence electrons. The molecule has 0 saturated heterocycles. The zero-order valence-electron chi connectivity index (χ0n) is 14.4. The van der Waals surface area contributed by atoms with Crippen LogP contribution in [0.5, 0.6) is 0 Å². The first-order chi connectivity index (χ1) is 12.8. The van der Waals surface area contributed by atoms with Crippen molar-refractivity contribution in [3.8, 4) is 0 Å². The van der Waals surface area contributed by atoms with Crippen LogP contribution >= 0.6 is 15.9 Å². The molecule has 0 fully saturated rings. The fourth-order valence-corrected chi connectivity index (χ4v) is 2.34. The van der Waals surface area contributed by atoms with Crippen LogP contribution < -0.4 is 10.6 Å². The van der Waals surface area contributed by atoms with Gasteiger partial charge in [-0.2, -0.15) is 0 Å². The third kappa shape index (κ3) is 5.14. The number of carbonyl (C=O) groups excluding carboxylic acids is 4. The van der Waals surface area contributed by atoms with Crippen LogP contribution in [0.2, 0.25) is 0 Å². The highest BCUT2D eigenvalue weighted by Gasteiger charge is 2.20. The molecule has 0 unspecified atom stereocenters. The molecule has 0 bridgehead atoms. The van der Waals surface area contributed by atoms with Gasteiger partial charge in [0.05, 0.1) is 31.0 Å². The lowest BCUT2D eigenvalue weighted by Crippen LogP contribution is -2.30. The van der Waals surface area contributed by atoms with E-state index in [1.165, 1.54) is 32.4 Å². The lowest BCUT2D eigenvalue weighted by atomic mass is 10.1. The molecule has 0 heterocycles. The van der Waals surface area contributed by atoms with Crippen molar-refractivity contribution in [3.63, 3.8) is 0 Å². The molecule has 2 amide bonds. The second-order valence-corrected chi connectivity index (χ2v) is 6.07. The Kier molecular flexibility index (Phi) is 6.67. The van der Waals surface area contributed by atoms with Gasteiger partial charge in [-0.1, -0.05) is 15.9 Å². The van der Waals surface area contributed by atoms with E-state index in [0.29, 0.717) is 5.69 Å². The van der Waals surface area contributed by atoms with Crippen molar-refractivity contribution in [1.29, 1.82) is 0 Å². The molecule has 0 aliphatic rings. The number of halogens is 1. The minimum absolute atomic E-state index is 0.0186. The van der Waals surface area contributed by atoms with Gasteiger partial charge in [0.25, 0.3) is 0 Å². The summed E-state index contributed by atoms with van der Waals surface area (Å²) in [4.78, 5) is 47.8. The monoisotopic (exact) mass is 434 g/mol. The van der Waals surface area contributed by atoms with Crippen LogP contribution in [0.15, 0.2) is 46.9 Å². The number of benzene rings is 2. The van der Waals surface area contributed by atoms with Crippen molar-refractivity contribution in [3.05, 3.63) is 58.1 Å². The van der Waals surface area contributed by atoms with Crippen molar-refractivity contribution in [2.24, 2.45) is 0 Å². The van der Waals surface area contributed by atoms with E-state index in [4.69, 9.17) is 0 Å². The number of anilines is 2. The second-order valence-electron chi connectivity index (χ2n) is 5.16. The van der Waals surface area contributed by atoms with Crippen LogP contribution in [0.25, 0.3) is 0 Å². The van der Waals surface area contributed by atoms with Gasteiger partial charge in [0, 0.05) is 10.2 Å². The summed E-state index contributed by atoms with van der Waals surface area (Å²) < 4.78 is 10.1. The zero-order chi connectivity index (χ0) is 20.0. The number of methoxy groups -OCH3 is 2. The van der Waals surface area contributed by atoms with E-state index in [0.717, 1.165) is 4.47 Å². The molecule has 0 aliphatic carbocycles. The average Bonchev–Trinajstić information content (AvgIpc) is 2.68. The van der Waals surface area contributed by atoms with Gasteiger partial charge in [0.2, 0.25) is 0 Å². The van der Waals surface area contributed by atoms with Crippen LogP contribution in [0.4, 0.5) is 11.4 Å². The van der Waals surface area contributed by atoms with Gasteiger partial charge in [-0.05, 0) is 42.5 Å². The Labute approximate surface area is 163 Å². The lowest BCUT2D eigenvalue weighted by Gasteiger charge is -2.11. The van der Waals surface area contributed by atoms with E-state index in [1.54, 1.807) is 24.3 Å². The van der Waals surface area contributed by atoms with Gasteiger partial charge >= 0.3 is 23.8 Å². The molecular weight excluding hydrogens is 420 g/mol. The van der Waals surface area contributed by atoms with Crippen LogP contribution in [0, 0.1) is 0 Å². The molecule has 2 aromatic rings. The van der Waals surface area contributed by atoms with Gasteiger partial charge in [-0.25, -0.2) is 9.59 Å². The summed E-state index contributed by atoms with van der Waals surface area (Å²) in [5, 5.41) is 4.73. The number of hydrogen-bond acceptors (Lipinski definition) is 6. The third-order valence-corrected chi connectivity index (χ3v) is 3.93. The Hall–Kier alpha value is -3.20. The van der Waals surface area contributed by atoms with Gasteiger partial charge in [-0.3, -0.25) is 9.59 Å². The van der Waals surface area contributed by atoms with E-state index in [9.17, 15) is 19.2 Å². The number of hydrogen-bond donors (Lipinski definition) is 2. The summed E-state index contributed by atoms with van der Waals surface area (Å²) in [5.74, 6) is -3.38. The topological polar surface area (TPSA) is 111 Å². The summed E-state index contributed by atoms with van der Waals surface area (Å²) in [6.07, 6.45) is 0. The van der Waals surface area contributed by atoms with Crippen molar-refractivity contribution >= 4 is 51.1 Å². The quantitative estimate of drug-likeness (QED) is 0.564. The number of rotatable bonds is 4. The number of amides is 2. The molecule has 0 aliphatic heterocycles. The van der Waals surface area contributed by atoms with Crippen LogP contribution in [0.3, 0.4) is 0 Å². The Bertz CT molecular complexity index is 895. The molecule has 27 heavy (non-hydrogen) atoms. The van der Waals surface area contributed by atoms with Gasteiger partial charge in [0.1, 0.15) is 0 Å². The zero-order valence-corrected chi connectivity index (χ0v) is 16.0. The summed E-state index contributed by atoms with van der Waals surface area (Å²) >= 11 is 3.26. The molecule has 2 aromatic carbocycles. The van der Waals surface area contributed by atoms with E-state index in [-0.39, 0.29) is 16.8 Å². The minimum atomic E-state index is -1.02. The Morgan fingerprint density at radius 2 is 1.41 bits per heavy atom. The maximum Gasteiger partial charge on any atom is 0.339 e. The molecule has 2 rings (SSSR count). The van der Waals surface area contributed by atoms with Gasteiger partial charge in [-0.15, -0.1) is 0 Å². The maximum atomic E-state index is 12.2. The summed E-state index contributed by atoms with van der Waals surface area (Å²) in [6.45, 7) is 0. The number of carbonyl (C=O) groups is 4. The van der Waals surface area contributed by atoms with Crippen molar-refractivity contribution in [1.82, 2.24) is 0 Å². The van der Waals surface area contributed by atoms with E-state index in [2.05, 4.69) is 36.0 Å². The summed E-state index contributed by atoms with van der Waals surface area (Å²) in [6, 6.07) is 10.5. The van der Waals surface area contributed by atoms with Crippen LogP contribution in [-0.4, -0.2) is 38.0 Å². The van der Waals surface area contributed by atoms with E-state index in [1.807, 2.05) is 0 Å². The molecule has 9 heteroatoms. The highest BCUT2D eigenvalue weighted by atomic mass is 79.9. The molecular formula is C18H15BrN2O6. The van der Waals surface area contributed by atoms with Crippen LogP contribution in [-0.2, 0) is 19.1 Å². The maximum absolute atomic E-state index is 12.2. The lowest BCUT2D eigenvalue weighted by molar-refractivity contribution is -0.133. The summed E-state index contributed by atoms with van der Waals surface area (Å²) in [5.41, 5.74) is 0.430. The molecule has 0 atom stereocenters. The third-order valence-electron chi connectivity index (χ3n) is 3.40. The van der Waals surface area contributed by atoms with Crippen molar-refractivity contribution in [2.75, 3.05) is 24.9 Å². The SMILES string of the molecule is COC(=O)c1ccc(C(=O)OC)c(NC(=O)C(=O)Nc2ccc(Br)cc2)c1. The van der Waals surface area contributed by atoms with Crippen molar-refractivity contribution < 1.29 is 28.7 Å². The summed E-state index contributed by atoms with van der Waals surface area (Å²) in [7, 11) is 2.36. The number of esters is 2. The first kappa shape index (κ1) is 20.1. The standard InChI is InChI=1S/C18H15BrN2O6/c1-26-17(24)10-3-8-13(18(25)27-2)14(9-10)21-16(23)15(22)20-12-6-4-11(19)5-7-12/h3-9H,1-2H3,(H,20,22)(H,21,23). The van der Waals surface area contributed by atoms with Crippen LogP contribution in [0.1, 0.15) is 20.7 Å². The first-order valence-electron chi connectivity index (χ1n) is 7.54. The molecule has 0 aromatic heterocycles. The fourth-order valence-electron chi connectivity index (χ4n) is 2.08. The molecule has 2 N–H and O–H groups in total. The minimum Gasteiger partial charge on any atom is -0.465 e. The smallest absolute Gasteiger partial charge is 0.339 e. The average molecular weight is 435 g/mol. The highest BCUT2D eigenvalue weighted by Crippen LogP contribution is 2.20. The van der Waals surface area contributed by atoms with Crippen molar-refractivity contribution in [2.45, 2.75) is 0 Å². The fraction of sp³-hybridized carbons (Fsp3) is 0.111. The number of ether oxygens (including phenoxy) is 2. The normalized spacial score (nSPS) is 9.89. The number of nitrogens with one attached hydrogen (secondary N) is 2. The predicted octanol–water partition coefficient (Wildman–Crippen LogP) is 2.60. The Morgan fingerprint density at radius 3 is 2.00 bits per heavy atom. The first-order valence-corrected chi connectivity index (χ1v) is 8.33. The molecule has 0 radical (unpaired) electrons. The predicted molar refractivity (Wildman–Crippen MR) is 101 cm³/mol. The molecule has 8 nitrogen and oxygen atoms in total. The highest BCUT2D eigenvalue weighted by molar-refractivity contribution is 9.10. The van der Waals surface area contributed by atoms with E-state index >= 15 is 0 Å². The second kappa shape index (κ2) is 8.95. The van der Waals surface area contributed by atoms with E-state index < -0.39 is 23.8 Å². The Morgan fingerprint density at radius 1 is 0.815 bits per heavy atom. The largest absolute Gasteiger partial charge is 0.465 e. The Balaban J connectivity index is 2.23. The van der Waals surface area contributed by atoms with Gasteiger partial charge < -0.3 is 20.1 Å². The van der Waals surface area contributed by atoms with Gasteiger partial charge in [0.15, 0.2) is 0 Å².